The molecule has 0 spiro atoms. The van der Waals surface area contributed by atoms with Crippen LogP contribution in [0.3, 0.4) is 0 Å². The molecule has 0 saturated heterocycles. The van der Waals surface area contributed by atoms with E-state index in [-0.39, 0.29) is 0 Å². The molecule has 0 aliphatic carbocycles. The Labute approximate surface area is 210 Å². The molecule has 7 rings (SSSR count). The second kappa shape index (κ2) is 8.48. The fourth-order valence-electron chi connectivity index (χ4n) is 5.42. The minimum absolute atomic E-state index is 1.02. The maximum absolute atomic E-state index is 4.93. The van der Waals surface area contributed by atoms with Crippen molar-refractivity contribution in [1.82, 2.24) is 4.98 Å². The molecule has 0 saturated carbocycles. The summed E-state index contributed by atoms with van der Waals surface area (Å²) in [5.74, 6) is 0. The molecule has 0 unspecified atom stereocenters. The molecule has 0 aliphatic heterocycles. The molecule has 6 aromatic carbocycles. The lowest BCUT2D eigenvalue weighted by Crippen LogP contribution is -1.90. The molecule has 0 radical (unpaired) electrons. The van der Waals surface area contributed by atoms with Crippen molar-refractivity contribution in [2.75, 3.05) is 0 Å². The van der Waals surface area contributed by atoms with E-state index in [1.165, 1.54) is 54.6 Å². The summed E-state index contributed by atoms with van der Waals surface area (Å²) in [6, 6.07) is 47.6. The molecule has 0 atom stereocenters. The molecule has 0 N–H and O–H groups in total. The van der Waals surface area contributed by atoms with Gasteiger partial charge in [0.1, 0.15) is 0 Å². The third kappa shape index (κ3) is 3.37. The van der Waals surface area contributed by atoms with Crippen LogP contribution in [0.15, 0.2) is 140 Å². The first-order valence-corrected chi connectivity index (χ1v) is 12.3. The summed E-state index contributed by atoms with van der Waals surface area (Å²) in [5.41, 5.74) is 6.99. The van der Waals surface area contributed by atoms with Crippen LogP contribution in [-0.4, -0.2) is 4.98 Å². The average Bonchev–Trinajstić information content (AvgIpc) is 2.97. The largest absolute Gasteiger partial charge is 0.256 e. The third-order valence-corrected chi connectivity index (χ3v) is 7.09. The van der Waals surface area contributed by atoms with Crippen LogP contribution in [-0.2, 0) is 0 Å². The van der Waals surface area contributed by atoms with Gasteiger partial charge < -0.3 is 0 Å². The van der Waals surface area contributed by atoms with Gasteiger partial charge in [0.15, 0.2) is 0 Å². The lowest BCUT2D eigenvalue weighted by atomic mass is 9.91. The van der Waals surface area contributed by atoms with E-state index < -0.39 is 0 Å². The summed E-state index contributed by atoms with van der Waals surface area (Å²) in [6.07, 6.45) is 1.95. The zero-order valence-electron chi connectivity index (χ0n) is 19.7. The van der Waals surface area contributed by atoms with E-state index in [1.54, 1.807) is 0 Å². The van der Waals surface area contributed by atoms with E-state index in [9.17, 15) is 0 Å². The van der Waals surface area contributed by atoms with Crippen molar-refractivity contribution in [2.24, 2.45) is 0 Å². The molecule has 168 valence electrons. The fourth-order valence-corrected chi connectivity index (χ4v) is 5.42. The van der Waals surface area contributed by atoms with E-state index in [0.717, 1.165) is 11.3 Å². The van der Waals surface area contributed by atoms with Crippen molar-refractivity contribution < 1.29 is 0 Å². The summed E-state index contributed by atoms with van der Waals surface area (Å²) in [5, 5.41) is 7.51. The first-order chi connectivity index (χ1) is 17.9. The van der Waals surface area contributed by atoms with Crippen molar-refractivity contribution in [2.45, 2.75) is 0 Å². The van der Waals surface area contributed by atoms with Gasteiger partial charge in [-0.25, -0.2) is 0 Å². The quantitative estimate of drug-likeness (QED) is 0.241. The monoisotopic (exact) mass is 457 g/mol. The van der Waals surface area contributed by atoms with Gasteiger partial charge in [-0.1, -0.05) is 115 Å². The maximum atomic E-state index is 4.93. The van der Waals surface area contributed by atoms with E-state index >= 15 is 0 Å². The third-order valence-electron chi connectivity index (χ3n) is 7.09. The van der Waals surface area contributed by atoms with Crippen LogP contribution < -0.4 is 0 Å². The first-order valence-electron chi connectivity index (χ1n) is 12.3. The van der Waals surface area contributed by atoms with Crippen molar-refractivity contribution in [3.8, 4) is 33.5 Å². The summed E-state index contributed by atoms with van der Waals surface area (Å²) in [6.45, 7) is 0. The molecule has 0 amide bonds. The van der Waals surface area contributed by atoms with E-state index in [2.05, 4.69) is 133 Å². The average molecular weight is 458 g/mol. The van der Waals surface area contributed by atoms with E-state index in [1.807, 2.05) is 6.20 Å². The molecule has 0 bridgehead atoms. The SMILES string of the molecule is c1ccc(-c2cccc(-c3cccc(-c4nccc5c6ccccc6c6ccccc6c45)c3)c2)cc1. The van der Waals surface area contributed by atoms with Crippen LogP contribution in [0.4, 0.5) is 0 Å². The Hall–Kier alpha value is -4.75. The van der Waals surface area contributed by atoms with Crippen LogP contribution in [0.5, 0.6) is 0 Å². The molecule has 1 nitrogen and oxygen atoms in total. The molecule has 1 heterocycles. The normalized spacial score (nSPS) is 11.3. The van der Waals surface area contributed by atoms with Crippen molar-refractivity contribution in [3.63, 3.8) is 0 Å². The van der Waals surface area contributed by atoms with E-state index in [0.29, 0.717) is 0 Å². The number of hydrogen-bond donors (Lipinski definition) is 0. The van der Waals surface area contributed by atoms with Crippen molar-refractivity contribution in [1.29, 1.82) is 0 Å². The highest BCUT2D eigenvalue weighted by molar-refractivity contribution is 6.27. The number of rotatable bonds is 3. The second-order valence-electron chi connectivity index (χ2n) is 9.20. The summed E-state index contributed by atoms with van der Waals surface area (Å²) >= 11 is 0. The maximum Gasteiger partial charge on any atom is 0.0786 e. The summed E-state index contributed by atoms with van der Waals surface area (Å²) in [4.78, 5) is 4.93. The minimum atomic E-state index is 1.02. The first kappa shape index (κ1) is 20.6. The molecular formula is C35H23N. The van der Waals surface area contributed by atoms with Crippen molar-refractivity contribution >= 4 is 32.3 Å². The Bertz CT molecular complexity index is 1840. The number of nitrogens with zero attached hydrogens (tertiary/aromatic N) is 1. The Morgan fingerprint density at radius 1 is 0.333 bits per heavy atom. The number of pyridine rings is 1. The highest BCUT2D eigenvalue weighted by Crippen LogP contribution is 2.39. The molecule has 1 aromatic heterocycles. The minimum Gasteiger partial charge on any atom is -0.256 e. The lowest BCUT2D eigenvalue weighted by Gasteiger charge is -2.14. The van der Waals surface area contributed by atoms with E-state index in [4.69, 9.17) is 4.98 Å². The van der Waals surface area contributed by atoms with Gasteiger partial charge in [0.2, 0.25) is 0 Å². The smallest absolute Gasteiger partial charge is 0.0786 e. The highest BCUT2D eigenvalue weighted by atomic mass is 14.7. The molecule has 1 heteroatoms. The predicted octanol–water partition coefficient (Wildman–Crippen LogP) is 9.54. The van der Waals surface area contributed by atoms with Gasteiger partial charge in [-0.05, 0) is 67.4 Å². The Morgan fingerprint density at radius 2 is 0.778 bits per heavy atom. The van der Waals surface area contributed by atoms with Crippen LogP contribution in [0.1, 0.15) is 0 Å². The second-order valence-corrected chi connectivity index (χ2v) is 9.20. The van der Waals surface area contributed by atoms with Gasteiger partial charge in [0.05, 0.1) is 5.69 Å². The van der Waals surface area contributed by atoms with Gasteiger partial charge in [-0.15, -0.1) is 0 Å². The number of fused-ring (bicyclic) bond motifs is 6. The number of aromatic nitrogens is 1. The standard InChI is InChI=1S/C35H23N/c1-2-10-24(11-3-1)25-12-8-13-26(22-25)27-14-9-15-28(23-27)35-34-32-19-7-6-17-30(32)29-16-4-5-18-31(29)33(34)20-21-36-35/h1-23H. The molecule has 0 aliphatic rings. The summed E-state index contributed by atoms with van der Waals surface area (Å²) in [7, 11) is 0. The Balaban J connectivity index is 1.45. The van der Waals surface area contributed by atoms with Crippen LogP contribution in [0, 0.1) is 0 Å². The van der Waals surface area contributed by atoms with Crippen molar-refractivity contribution in [3.05, 3.63) is 140 Å². The number of hydrogen-bond acceptors (Lipinski definition) is 1. The van der Waals surface area contributed by atoms with Crippen LogP contribution in [0.2, 0.25) is 0 Å². The number of benzene rings is 6. The fraction of sp³-hybridized carbons (Fsp3) is 0. The Morgan fingerprint density at radius 3 is 1.44 bits per heavy atom. The summed E-state index contributed by atoms with van der Waals surface area (Å²) < 4.78 is 0. The van der Waals surface area contributed by atoms with Gasteiger partial charge >= 0.3 is 0 Å². The van der Waals surface area contributed by atoms with Gasteiger partial charge in [-0.3, -0.25) is 4.98 Å². The van der Waals surface area contributed by atoms with Gasteiger partial charge in [0.25, 0.3) is 0 Å². The molecule has 7 aromatic rings. The van der Waals surface area contributed by atoms with Crippen LogP contribution >= 0.6 is 0 Å². The Kier molecular flexibility index (Phi) is 4.85. The molecule has 36 heavy (non-hydrogen) atoms. The zero-order chi connectivity index (χ0) is 23.9. The molecular weight excluding hydrogens is 434 g/mol. The van der Waals surface area contributed by atoms with Crippen LogP contribution in [0.25, 0.3) is 65.8 Å². The van der Waals surface area contributed by atoms with Gasteiger partial charge in [0, 0.05) is 17.1 Å². The molecule has 0 fully saturated rings. The zero-order valence-corrected chi connectivity index (χ0v) is 19.7. The predicted molar refractivity (Wildman–Crippen MR) is 153 cm³/mol. The van der Waals surface area contributed by atoms with Gasteiger partial charge in [-0.2, -0.15) is 0 Å². The highest BCUT2D eigenvalue weighted by Gasteiger charge is 2.14. The lowest BCUT2D eigenvalue weighted by molar-refractivity contribution is 1.36. The topological polar surface area (TPSA) is 12.9 Å².